The number of aromatic nitrogens is 1. The summed E-state index contributed by atoms with van der Waals surface area (Å²) in [5.74, 6) is -0.141. The highest BCUT2D eigenvalue weighted by molar-refractivity contribution is 6.29. The number of nitrogens with zero attached hydrogens (tertiary/aromatic N) is 2. The molecule has 0 saturated carbocycles. The Morgan fingerprint density at radius 2 is 2.05 bits per heavy atom. The summed E-state index contributed by atoms with van der Waals surface area (Å²) in [5.41, 5.74) is 7.61. The molecule has 1 aromatic carbocycles. The van der Waals surface area contributed by atoms with Crippen molar-refractivity contribution in [2.75, 3.05) is 12.3 Å². The van der Waals surface area contributed by atoms with Crippen LogP contribution in [-0.4, -0.2) is 22.3 Å². The van der Waals surface area contributed by atoms with E-state index in [4.69, 9.17) is 17.3 Å². The van der Waals surface area contributed by atoms with Gasteiger partial charge in [-0.25, -0.2) is 4.98 Å². The van der Waals surface area contributed by atoms with Gasteiger partial charge in [0.2, 0.25) is 0 Å². The molecule has 1 heterocycles. The van der Waals surface area contributed by atoms with E-state index in [0.29, 0.717) is 24.3 Å². The molecular formula is C15H16ClN3O. The van der Waals surface area contributed by atoms with Crippen LogP contribution in [0.5, 0.6) is 0 Å². The van der Waals surface area contributed by atoms with Crippen LogP contribution in [0, 0.1) is 0 Å². The van der Waals surface area contributed by atoms with Crippen molar-refractivity contribution < 1.29 is 4.79 Å². The van der Waals surface area contributed by atoms with E-state index in [-0.39, 0.29) is 11.1 Å². The van der Waals surface area contributed by atoms with Gasteiger partial charge in [0.25, 0.3) is 5.91 Å². The van der Waals surface area contributed by atoms with Crippen LogP contribution < -0.4 is 5.73 Å². The second kappa shape index (κ2) is 6.39. The van der Waals surface area contributed by atoms with Gasteiger partial charge in [-0.1, -0.05) is 41.9 Å². The van der Waals surface area contributed by atoms with Crippen molar-refractivity contribution >= 4 is 23.2 Å². The summed E-state index contributed by atoms with van der Waals surface area (Å²) in [4.78, 5) is 18.1. The first kappa shape index (κ1) is 14.3. The first-order chi connectivity index (χ1) is 9.61. The zero-order chi connectivity index (χ0) is 14.5. The van der Waals surface area contributed by atoms with E-state index < -0.39 is 0 Å². The third-order valence-electron chi connectivity index (χ3n) is 3.02. The van der Waals surface area contributed by atoms with Crippen molar-refractivity contribution in [1.29, 1.82) is 0 Å². The molecule has 0 atom stereocenters. The zero-order valence-corrected chi connectivity index (χ0v) is 12.0. The summed E-state index contributed by atoms with van der Waals surface area (Å²) in [6.07, 6.45) is 1.41. The molecule has 1 aromatic heterocycles. The lowest BCUT2D eigenvalue weighted by atomic mass is 10.1. The van der Waals surface area contributed by atoms with Crippen LogP contribution in [0.3, 0.4) is 0 Å². The number of hydrogen-bond acceptors (Lipinski definition) is 3. The molecule has 104 valence electrons. The van der Waals surface area contributed by atoms with Gasteiger partial charge < -0.3 is 10.6 Å². The highest BCUT2D eigenvalue weighted by atomic mass is 35.5. The van der Waals surface area contributed by atoms with E-state index in [1.54, 1.807) is 4.90 Å². The normalized spacial score (nSPS) is 10.3. The lowest BCUT2D eigenvalue weighted by molar-refractivity contribution is 0.0753. The fraction of sp³-hybridized carbons (Fsp3) is 0.200. The quantitative estimate of drug-likeness (QED) is 0.880. The number of carbonyl (C=O) groups excluding carboxylic acids is 1. The van der Waals surface area contributed by atoms with Gasteiger partial charge in [0.1, 0.15) is 5.15 Å². The van der Waals surface area contributed by atoms with Crippen LogP contribution >= 0.6 is 11.6 Å². The summed E-state index contributed by atoms with van der Waals surface area (Å²) in [6.45, 7) is 3.06. The molecule has 0 saturated heterocycles. The Labute approximate surface area is 123 Å². The third-order valence-corrected chi connectivity index (χ3v) is 3.22. The second-order valence-corrected chi connectivity index (χ2v) is 4.79. The highest BCUT2D eigenvalue weighted by Crippen LogP contribution is 2.18. The summed E-state index contributed by atoms with van der Waals surface area (Å²) < 4.78 is 0. The molecule has 5 heteroatoms. The Morgan fingerprint density at radius 3 is 2.70 bits per heavy atom. The molecule has 2 aromatic rings. The highest BCUT2D eigenvalue weighted by Gasteiger charge is 2.17. The number of nitrogens with two attached hydrogens (primary N) is 1. The molecule has 20 heavy (non-hydrogen) atoms. The van der Waals surface area contributed by atoms with Crippen molar-refractivity contribution in [2.45, 2.75) is 13.5 Å². The molecule has 2 N–H and O–H groups in total. The Balaban J connectivity index is 2.23. The number of hydrogen-bond donors (Lipinski definition) is 1. The van der Waals surface area contributed by atoms with Crippen LogP contribution in [0.4, 0.5) is 5.69 Å². The van der Waals surface area contributed by atoms with Crippen LogP contribution in [0.2, 0.25) is 5.15 Å². The van der Waals surface area contributed by atoms with E-state index in [0.717, 1.165) is 5.56 Å². The predicted molar refractivity (Wildman–Crippen MR) is 80.5 cm³/mol. The van der Waals surface area contributed by atoms with Gasteiger partial charge >= 0.3 is 0 Å². The first-order valence-electron chi connectivity index (χ1n) is 6.36. The van der Waals surface area contributed by atoms with Crippen molar-refractivity contribution in [3.8, 4) is 0 Å². The van der Waals surface area contributed by atoms with Crippen molar-refractivity contribution in [1.82, 2.24) is 9.88 Å². The summed E-state index contributed by atoms with van der Waals surface area (Å²) in [6, 6.07) is 11.3. The maximum absolute atomic E-state index is 12.5. The minimum Gasteiger partial charge on any atom is -0.397 e. The number of halogens is 1. The van der Waals surface area contributed by atoms with Crippen LogP contribution in [0.1, 0.15) is 22.8 Å². The minimum atomic E-state index is -0.141. The Morgan fingerprint density at radius 1 is 1.35 bits per heavy atom. The second-order valence-electron chi connectivity index (χ2n) is 4.40. The molecule has 2 rings (SSSR count). The number of pyridine rings is 1. The largest absolute Gasteiger partial charge is 0.397 e. The van der Waals surface area contributed by atoms with Gasteiger partial charge in [-0.3, -0.25) is 4.79 Å². The number of benzene rings is 1. The number of anilines is 1. The summed E-state index contributed by atoms with van der Waals surface area (Å²) in [5, 5.41) is 0.262. The third kappa shape index (κ3) is 3.27. The van der Waals surface area contributed by atoms with E-state index in [1.807, 2.05) is 37.3 Å². The standard InChI is InChI=1S/C15H16ClN3O/c1-2-19(10-11-6-4-3-5-7-11)15(20)12-8-14(16)18-9-13(12)17/h3-9H,2,10,17H2,1H3. The number of rotatable bonds is 4. The van der Waals surface area contributed by atoms with Gasteiger partial charge in [0.05, 0.1) is 17.4 Å². The van der Waals surface area contributed by atoms with Crippen molar-refractivity contribution in [3.05, 3.63) is 58.9 Å². The Kier molecular flexibility index (Phi) is 4.58. The molecule has 0 aliphatic carbocycles. The smallest absolute Gasteiger partial charge is 0.256 e. The number of amides is 1. The van der Waals surface area contributed by atoms with Crippen LogP contribution in [-0.2, 0) is 6.54 Å². The van der Waals surface area contributed by atoms with E-state index in [1.165, 1.54) is 12.3 Å². The fourth-order valence-corrected chi connectivity index (χ4v) is 2.08. The molecule has 0 bridgehead atoms. The molecule has 4 nitrogen and oxygen atoms in total. The van der Waals surface area contributed by atoms with Gasteiger partial charge in [-0.2, -0.15) is 0 Å². The van der Waals surface area contributed by atoms with Gasteiger partial charge in [0.15, 0.2) is 0 Å². The molecule has 0 fully saturated rings. The van der Waals surface area contributed by atoms with Crippen molar-refractivity contribution in [3.63, 3.8) is 0 Å². The Hall–Kier alpha value is -2.07. The lowest BCUT2D eigenvalue weighted by Crippen LogP contribution is -2.31. The maximum Gasteiger partial charge on any atom is 0.256 e. The SMILES string of the molecule is CCN(Cc1ccccc1)C(=O)c1cc(Cl)ncc1N. The minimum absolute atomic E-state index is 0.141. The molecule has 0 aliphatic rings. The van der Waals surface area contributed by atoms with Crippen LogP contribution in [0.25, 0.3) is 0 Å². The van der Waals surface area contributed by atoms with Gasteiger partial charge in [-0.05, 0) is 18.6 Å². The van der Waals surface area contributed by atoms with Gasteiger partial charge in [-0.15, -0.1) is 0 Å². The topological polar surface area (TPSA) is 59.2 Å². The fourth-order valence-electron chi connectivity index (χ4n) is 1.93. The lowest BCUT2D eigenvalue weighted by Gasteiger charge is -2.21. The molecule has 0 spiro atoms. The monoisotopic (exact) mass is 289 g/mol. The molecule has 0 aliphatic heterocycles. The molecule has 0 unspecified atom stereocenters. The predicted octanol–water partition coefficient (Wildman–Crippen LogP) is 2.98. The van der Waals surface area contributed by atoms with E-state index in [9.17, 15) is 4.79 Å². The maximum atomic E-state index is 12.5. The zero-order valence-electron chi connectivity index (χ0n) is 11.2. The molecular weight excluding hydrogens is 274 g/mol. The van der Waals surface area contributed by atoms with E-state index >= 15 is 0 Å². The van der Waals surface area contributed by atoms with Gasteiger partial charge in [0, 0.05) is 13.1 Å². The molecule has 1 amide bonds. The average molecular weight is 290 g/mol. The summed E-state index contributed by atoms with van der Waals surface area (Å²) >= 11 is 5.83. The average Bonchev–Trinajstić information content (AvgIpc) is 2.47. The van der Waals surface area contributed by atoms with Crippen LogP contribution in [0.15, 0.2) is 42.6 Å². The van der Waals surface area contributed by atoms with E-state index in [2.05, 4.69) is 4.98 Å². The Bertz CT molecular complexity index is 601. The number of nitrogen functional groups attached to an aromatic ring is 1. The molecule has 0 radical (unpaired) electrons. The first-order valence-corrected chi connectivity index (χ1v) is 6.73. The summed E-state index contributed by atoms with van der Waals surface area (Å²) in [7, 11) is 0. The number of carbonyl (C=O) groups is 1. The van der Waals surface area contributed by atoms with Crippen molar-refractivity contribution in [2.24, 2.45) is 0 Å².